The van der Waals surface area contributed by atoms with Gasteiger partial charge in [-0.05, 0) is 18.6 Å². The fourth-order valence-corrected chi connectivity index (χ4v) is 3.44. The summed E-state index contributed by atoms with van der Waals surface area (Å²) in [6.45, 7) is 2.70. The highest BCUT2D eigenvalue weighted by Crippen LogP contribution is 2.25. The van der Waals surface area contributed by atoms with Crippen LogP contribution < -0.4 is 5.32 Å². The zero-order valence-corrected chi connectivity index (χ0v) is 14.2. The fraction of sp³-hybridized carbons (Fsp3) is 0.312. The number of carbonyl (C=O) groups is 2. The van der Waals surface area contributed by atoms with Crippen LogP contribution in [0.25, 0.3) is 0 Å². The van der Waals surface area contributed by atoms with E-state index in [0.717, 1.165) is 11.3 Å². The molecular formula is C16H16ClN3O2S. The van der Waals surface area contributed by atoms with Crippen molar-refractivity contribution in [2.75, 3.05) is 11.9 Å². The molecule has 2 aromatic rings. The fourth-order valence-electron chi connectivity index (χ4n) is 2.55. The molecule has 0 bridgehead atoms. The maximum absolute atomic E-state index is 12.3. The lowest BCUT2D eigenvalue weighted by Gasteiger charge is -2.17. The number of halogens is 1. The lowest BCUT2D eigenvalue weighted by atomic mass is 10.1. The quantitative estimate of drug-likeness (QED) is 0.922. The van der Waals surface area contributed by atoms with Crippen molar-refractivity contribution in [1.29, 1.82) is 0 Å². The summed E-state index contributed by atoms with van der Waals surface area (Å²) in [7, 11) is 0. The first-order valence-corrected chi connectivity index (χ1v) is 8.53. The molecule has 0 saturated carbocycles. The molecule has 1 fully saturated rings. The maximum Gasteiger partial charge on any atom is 0.231 e. The van der Waals surface area contributed by atoms with Gasteiger partial charge in [-0.1, -0.05) is 29.8 Å². The molecule has 1 aliphatic rings. The molecule has 0 radical (unpaired) electrons. The summed E-state index contributed by atoms with van der Waals surface area (Å²) in [5, 5.41) is 5.86. The summed E-state index contributed by atoms with van der Waals surface area (Å²) in [6, 6.07) is 7.43. The molecule has 23 heavy (non-hydrogen) atoms. The summed E-state index contributed by atoms with van der Waals surface area (Å²) in [4.78, 5) is 30.3. The minimum atomic E-state index is -0.353. The molecule has 1 saturated heterocycles. The van der Waals surface area contributed by atoms with Crippen LogP contribution in [-0.4, -0.2) is 28.2 Å². The zero-order valence-electron chi connectivity index (χ0n) is 12.6. The molecule has 1 atom stereocenters. The van der Waals surface area contributed by atoms with Crippen molar-refractivity contribution < 1.29 is 9.59 Å². The number of aryl methyl sites for hydroxylation is 1. The van der Waals surface area contributed by atoms with Gasteiger partial charge in [-0.15, -0.1) is 11.3 Å². The Bertz CT molecular complexity index is 746. The van der Waals surface area contributed by atoms with Crippen molar-refractivity contribution in [3.8, 4) is 0 Å². The van der Waals surface area contributed by atoms with Crippen molar-refractivity contribution in [2.24, 2.45) is 5.92 Å². The average molecular weight is 350 g/mol. The lowest BCUT2D eigenvalue weighted by Crippen LogP contribution is -2.28. The second kappa shape index (κ2) is 6.68. The highest BCUT2D eigenvalue weighted by atomic mass is 35.5. The van der Waals surface area contributed by atoms with Gasteiger partial charge in [0, 0.05) is 29.9 Å². The van der Waals surface area contributed by atoms with Crippen molar-refractivity contribution in [1.82, 2.24) is 9.88 Å². The Hall–Kier alpha value is -1.92. The van der Waals surface area contributed by atoms with E-state index in [1.165, 1.54) is 11.3 Å². The SMILES string of the molecule is Cc1csc(NC(=O)[C@@H]2CC(=O)N(Cc3ccccc3Cl)C2)n1. The van der Waals surface area contributed by atoms with E-state index in [4.69, 9.17) is 11.6 Å². The first kappa shape index (κ1) is 16.0. The molecule has 2 heterocycles. The number of hydrogen-bond donors (Lipinski definition) is 1. The van der Waals surface area contributed by atoms with Crippen LogP contribution in [-0.2, 0) is 16.1 Å². The monoisotopic (exact) mass is 349 g/mol. The molecular weight excluding hydrogens is 334 g/mol. The molecule has 1 aromatic heterocycles. The molecule has 1 aromatic carbocycles. The third-order valence-electron chi connectivity index (χ3n) is 3.75. The van der Waals surface area contributed by atoms with Gasteiger partial charge in [-0.2, -0.15) is 0 Å². The number of thiazole rings is 1. The number of hydrogen-bond acceptors (Lipinski definition) is 4. The first-order chi connectivity index (χ1) is 11.0. The third-order valence-corrected chi connectivity index (χ3v) is 5.00. The Kier molecular flexibility index (Phi) is 4.63. The number of benzene rings is 1. The molecule has 2 amide bonds. The number of anilines is 1. The molecule has 0 unspecified atom stereocenters. The number of carbonyl (C=O) groups excluding carboxylic acids is 2. The van der Waals surface area contributed by atoms with Gasteiger partial charge in [0.25, 0.3) is 0 Å². The number of amides is 2. The Balaban J connectivity index is 1.63. The van der Waals surface area contributed by atoms with Gasteiger partial charge in [0.05, 0.1) is 11.6 Å². The van der Waals surface area contributed by atoms with Gasteiger partial charge in [0.15, 0.2) is 5.13 Å². The minimum absolute atomic E-state index is 0.0274. The van der Waals surface area contributed by atoms with Crippen molar-refractivity contribution in [3.05, 3.63) is 45.9 Å². The topological polar surface area (TPSA) is 62.3 Å². The van der Waals surface area contributed by atoms with Gasteiger partial charge in [0.1, 0.15) is 0 Å². The molecule has 0 aliphatic carbocycles. The largest absolute Gasteiger partial charge is 0.337 e. The maximum atomic E-state index is 12.3. The van der Waals surface area contributed by atoms with Crippen LogP contribution in [0.2, 0.25) is 5.02 Å². The molecule has 1 N–H and O–H groups in total. The molecule has 1 aliphatic heterocycles. The summed E-state index contributed by atoms with van der Waals surface area (Å²) in [5.41, 5.74) is 1.76. The highest BCUT2D eigenvalue weighted by Gasteiger charge is 2.34. The number of likely N-dealkylation sites (tertiary alicyclic amines) is 1. The predicted octanol–water partition coefficient (Wildman–Crippen LogP) is 3.09. The minimum Gasteiger partial charge on any atom is -0.337 e. The van der Waals surface area contributed by atoms with Crippen LogP contribution in [0.4, 0.5) is 5.13 Å². The summed E-state index contributed by atoms with van der Waals surface area (Å²) >= 11 is 7.52. The van der Waals surface area contributed by atoms with Crippen molar-refractivity contribution in [2.45, 2.75) is 19.9 Å². The van der Waals surface area contributed by atoms with Crippen LogP contribution in [0.5, 0.6) is 0 Å². The predicted molar refractivity (Wildman–Crippen MR) is 90.5 cm³/mol. The lowest BCUT2D eigenvalue weighted by molar-refractivity contribution is -0.128. The van der Waals surface area contributed by atoms with E-state index in [2.05, 4.69) is 10.3 Å². The summed E-state index contributed by atoms with van der Waals surface area (Å²) in [6.07, 6.45) is 0.223. The molecule has 0 spiro atoms. The second-order valence-electron chi connectivity index (χ2n) is 5.55. The molecule has 3 rings (SSSR count). The zero-order chi connectivity index (χ0) is 16.4. The molecule has 7 heteroatoms. The standard InChI is InChI=1S/C16H16ClN3O2S/c1-10-9-23-16(18-10)19-15(22)12-6-14(21)20(8-12)7-11-4-2-3-5-13(11)17/h2-5,9,12H,6-8H2,1H3,(H,18,19,22)/t12-/m1/s1. The summed E-state index contributed by atoms with van der Waals surface area (Å²) in [5.74, 6) is -0.538. The second-order valence-corrected chi connectivity index (χ2v) is 6.82. The van der Waals surface area contributed by atoms with Gasteiger partial charge in [-0.3, -0.25) is 9.59 Å². The van der Waals surface area contributed by atoms with Crippen LogP contribution in [0, 0.1) is 12.8 Å². The number of nitrogens with zero attached hydrogens (tertiary/aromatic N) is 2. The van der Waals surface area contributed by atoms with Crippen LogP contribution in [0.3, 0.4) is 0 Å². The normalized spacial score (nSPS) is 17.6. The van der Waals surface area contributed by atoms with Crippen molar-refractivity contribution in [3.63, 3.8) is 0 Å². The van der Waals surface area contributed by atoms with Crippen LogP contribution >= 0.6 is 22.9 Å². The molecule has 120 valence electrons. The van der Waals surface area contributed by atoms with Crippen LogP contribution in [0.1, 0.15) is 17.7 Å². The van der Waals surface area contributed by atoms with Gasteiger partial charge >= 0.3 is 0 Å². The van der Waals surface area contributed by atoms with E-state index < -0.39 is 0 Å². The van der Waals surface area contributed by atoms with Gasteiger partial charge in [-0.25, -0.2) is 4.98 Å². The Labute approximate surface area is 143 Å². The van der Waals surface area contributed by atoms with E-state index in [1.807, 2.05) is 30.5 Å². The van der Waals surface area contributed by atoms with Gasteiger partial charge in [0.2, 0.25) is 11.8 Å². The van der Waals surface area contributed by atoms with Crippen molar-refractivity contribution >= 4 is 39.9 Å². The summed E-state index contributed by atoms with van der Waals surface area (Å²) < 4.78 is 0. The van der Waals surface area contributed by atoms with E-state index in [0.29, 0.717) is 23.2 Å². The smallest absolute Gasteiger partial charge is 0.231 e. The molecule has 5 nitrogen and oxygen atoms in total. The number of rotatable bonds is 4. The van der Waals surface area contributed by atoms with E-state index in [9.17, 15) is 9.59 Å². The Morgan fingerprint density at radius 3 is 2.96 bits per heavy atom. The average Bonchev–Trinajstić information content (AvgIpc) is 3.08. The third kappa shape index (κ3) is 3.71. The highest BCUT2D eigenvalue weighted by molar-refractivity contribution is 7.13. The Morgan fingerprint density at radius 1 is 1.48 bits per heavy atom. The number of aromatic nitrogens is 1. The Morgan fingerprint density at radius 2 is 2.26 bits per heavy atom. The first-order valence-electron chi connectivity index (χ1n) is 7.27. The van der Waals surface area contributed by atoms with Gasteiger partial charge < -0.3 is 10.2 Å². The van der Waals surface area contributed by atoms with E-state index >= 15 is 0 Å². The van der Waals surface area contributed by atoms with Crippen LogP contribution in [0.15, 0.2) is 29.6 Å². The van der Waals surface area contributed by atoms with E-state index in [-0.39, 0.29) is 24.2 Å². The number of nitrogens with one attached hydrogen (secondary N) is 1. The van der Waals surface area contributed by atoms with E-state index in [1.54, 1.807) is 11.0 Å².